The Morgan fingerprint density at radius 1 is 1.21 bits per heavy atom. The third kappa shape index (κ3) is 4.24. The molecule has 9 nitrogen and oxygen atoms in total. The van der Waals surface area contributed by atoms with E-state index in [4.69, 9.17) is 18.9 Å². The van der Waals surface area contributed by atoms with Crippen LogP contribution in [0.4, 0.5) is 8.78 Å². The highest BCUT2D eigenvalue weighted by Gasteiger charge is 2.46. The van der Waals surface area contributed by atoms with Gasteiger partial charge in [-0.2, -0.15) is 0 Å². The maximum atomic E-state index is 15.2. The van der Waals surface area contributed by atoms with Gasteiger partial charge >= 0.3 is 0 Å². The van der Waals surface area contributed by atoms with Crippen molar-refractivity contribution in [3.8, 4) is 5.75 Å². The number of hydrogen-bond acceptors (Lipinski definition) is 9. The summed E-state index contributed by atoms with van der Waals surface area (Å²) in [7, 11) is 1.37. The highest BCUT2D eigenvalue weighted by atomic mass is 32.2. The lowest BCUT2D eigenvalue weighted by atomic mass is 9.94. The van der Waals surface area contributed by atoms with E-state index in [2.05, 4.69) is 6.58 Å². The molecule has 0 bridgehead atoms. The molecule has 0 N–H and O–H groups in total. The zero-order valence-electron chi connectivity index (χ0n) is 20.7. The molecular weight excluding hydrogens is 552 g/mol. The van der Waals surface area contributed by atoms with Gasteiger partial charge in [0, 0.05) is 35.7 Å². The molecule has 1 saturated heterocycles. The molecule has 3 aliphatic rings. The van der Waals surface area contributed by atoms with Crippen molar-refractivity contribution in [1.29, 1.82) is 0 Å². The highest BCUT2D eigenvalue weighted by molar-refractivity contribution is 8.00. The summed E-state index contributed by atoms with van der Waals surface area (Å²) in [6.45, 7) is 3.88. The van der Waals surface area contributed by atoms with Gasteiger partial charge in [0.1, 0.15) is 12.2 Å². The number of carbonyl (C=O) groups excluding carboxylic acids is 1. The van der Waals surface area contributed by atoms with Gasteiger partial charge in [-0.1, -0.05) is 6.07 Å². The predicted molar refractivity (Wildman–Crippen MR) is 139 cm³/mol. The van der Waals surface area contributed by atoms with Gasteiger partial charge in [0.15, 0.2) is 17.3 Å². The Labute approximate surface area is 230 Å². The van der Waals surface area contributed by atoms with E-state index in [-0.39, 0.29) is 41.9 Å². The zero-order chi connectivity index (χ0) is 27.3. The summed E-state index contributed by atoms with van der Waals surface area (Å²) in [5, 5.41) is 3.82. The zero-order valence-corrected chi connectivity index (χ0v) is 22.4. The van der Waals surface area contributed by atoms with Gasteiger partial charge in [-0.15, -0.1) is 23.1 Å². The lowest BCUT2D eigenvalue weighted by molar-refractivity contribution is -0.0237. The maximum absolute atomic E-state index is 15.2. The fraction of sp³-hybridized carbons (Fsp3) is 0.308. The van der Waals surface area contributed by atoms with Crippen molar-refractivity contribution < 1.29 is 32.5 Å². The summed E-state index contributed by atoms with van der Waals surface area (Å²) >= 11 is 2.94. The highest BCUT2D eigenvalue weighted by Crippen LogP contribution is 2.47. The summed E-state index contributed by atoms with van der Waals surface area (Å²) in [5.41, 5.74) is 1.16. The Morgan fingerprint density at radius 2 is 2.05 bits per heavy atom. The average Bonchev–Trinajstić information content (AvgIpc) is 3.35. The second-order valence-corrected chi connectivity index (χ2v) is 11.1. The first kappa shape index (κ1) is 25.7. The van der Waals surface area contributed by atoms with Crippen LogP contribution in [0.25, 0.3) is 0 Å². The van der Waals surface area contributed by atoms with Crippen LogP contribution in [-0.4, -0.2) is 55.3 Å². The molecule has 204 valence electrons. The number of fused-ring (bicyclic) bond motifs is 4. The Bertz CT molecular complexity index is 1530. The van der Waals surface area contributed by atoms with E-state index in [1.165, 1.54) is 42.5 Å². The van der Waals surface area contributed by atoms with Gasteiger partial charge in [-0.3, -0.25) is 19.3 Å². The fourth-order valence-corrected chi connectivity index (χ4v) is 7.28. The Hall–Kier alpha value is -3.55. The van der Waals surface area contributed by atoms with E-state index in [0.29, 0.717) is 12.2 Å². The van der Waals surface area contributed by atoms with Crippen LogP contribution in [0.1, 0.15) is 33.2 Å². The van der Waals surface area contributed by atoms with E-state index in [1.54, 1.807) is 15.6 Å². The molecule has 0 aliphatic carbocycles. The first-order valence-corrected chi connectivity index (χ1v) is 13.9. The molecule has 1 fully saturated rings. The minimum absolute atomic E-state index is 0.00917. The Balaban J connectivity index is 1.56. The quantitative estimate of drug-likeness (QED) is 0.324. The van der Waals surface area contributed by atoms with Crippen molar-refractivity contribution in [3.63, 3.8) is 0 Å². The second-order valence-electron chi connectivity index (χ2n) is 8.90. The number of thioether (sulfide) groups is 1. The Kier molecular flexibility index (Phi) is 6.73. The Morgan fingerprint density at radius 3 is 2.87 bits per heavy atom. The SMILES string of the molecule is C=C(OC)OCOc1c2n(ccc1=O)N([C@H]1c3ccsc3SCc3c1ccc(F)c3F)[C@@H]1COCCN1C2=O. The normalized spacial score (nSPS) is 19.8. The van der Waals surface area contributed by atoms with Crippen LogP contribution >= 0.6 is 23.1 Å². The molecule has 39 heavy (non-hydrogen) atoms. The first-order chi connectivity index (χ1) is 18.9. The summed E-state index contributed by atoms with van der Waals surface area (Å²) in [5.74, 6) is -2.23. The summed E-state index contributed by atoms with van der Waals surface area (Å²) in [4.78, 5) is 28.4. The lowest BCUT2D eigenvalue weighted by Crippen LogP contribution is -2.66. The van der Waals surface area contributed by atoms with E-state index in [1.807, 2.05) is 16.5 Å². The topological polar surface area (TPSA) is 82.5 Å². The van der Waals surface area contributed by atoms with Gasteiger partial charge in [0.05, 0.1) is 24.5 Å². The number of aromatic nitrogens is 1. The maximum Gasteiger partial charge on any atom is 0.278 e. The number of morpholine rings is 1. The standard InChI is InChI=1S/C26H23F2N3O6S2/c1-14(34-2)36-13-37-24-19(32)5-7-30-23(24)25(33)29-8-9-35-11-20(29)31(30)22-15-3-4-18(27)21(28)17(15)12-39-26-16(22)6-10-38-26/h3-7,10,20,22H,1,8-9,11-13H2,2H3/t20-,22-/m1/s1. The minimum atomic E-state index is -0.924. The monoisotopic (exact) mass is 575 g/mol. The molecule has 1 aromatic carbocycles. The van der Waals surface area contributed by atoms with Crippen molar-refractivity contribution >= 4 is 29.0 Å². The van der Waals surface area contributed by atoms with Crippen molar-refractivity contribution in [3.05, 3.63) is 92.6 Å². The van der Waals surface area contributed by atoms with Crippen molar-refractivity contribution in [1.82, 2.24) is 9.58 Å². The largest absolute Gasteiger partial charge is 0.469 e. The molecule has 3 aliphatic heterocycles. The number of nitrogens with zero attached hydrogens (tertiary/aromatic N) is 3. The van der Waals surface area contributed by atoms with Crippen LogP contribution in [0.15, 0.2) is 57.4 Å². The molecule has 0 unspecified atom stereocenters. The number of pyridine rings is 1. The number of ether oxygens (including phenoxy) is 4. The second kappa shape index (κ2) is 10.2. The minimum Gasteiger partial charge on any atom is -0.469 e. The van der Waals surface area contributed by atoms with Crippen molar-refractivity contribution in [2.24, 2.45) is 0 Å². The summed E-state index contributed by atoms with van der Waals surface area (Å²) < 4.78 is 53.6. The average molecular weight is 576 g/mol. The number of amides is 1. The van der Waals surface area contributed by atoms with Gasteiger partial charge < -0.3 is 23.8 Å². The molecule has 2 atom stereocenters. The van der Waals surface area contributed by atoms with Gasteiger partial charge in [0.25, 0.3) is 11.9 Å². The van der Waals surface area contributed by atoms with Gasteiger partial charge in [-0.05, 0) is 29.7 Å². The van der Waals surface area contributed by atoms with Crippen LogP contribution in [0, 0.1) is 11.6 Å². The van der Waals surface area contributed by atoms with Crippen LogP contribution in [0.5, 0.6) is 5.75 Å². The van der Waals surface area contributed by atoms with Gasteiger partial charge in [0.2, 0.25) is 18.0 Å². The number of hydrogen-bond donors (Lipinski definition) is 0. The van der Waals surface area contributed by atoms with Crippen LogP contribution in [0.3, 0.4) is 0 Å². The molecule has 3 aromatic rings. The van der Waals surface area contributed by atoms with Crippen LogP contribution in [-0.2, 0) is 20.0 Å². The number of rotatable bonds is 6. The summed E-state index contributed by atoms with van der Waals surface area (Å²) in [6.07, 6.45) is 0.896. The smallest absolute Gasteiger partial charge is 0.278 e. The van der Waals surface area contributed by atoms with E-state index >= 15 is 4.39 Å². The van der Waals surface area contributed by atoms with Gasteiger partial charge in [-0.25, -0.2) is 8.78 Å². The lowest BCUT2D eigenvalue weighted by Gasteiger charge is -2.51. The molecule has 0 radical (unpaired) electrons. The third-order valence-corrected chi connectivity index (χ3v) is 9.19. The number of carbonyl (C=O) groups is 1. The number of methoxy groups -OCH3 is 1. The molecular formula is C26H23F2N3O6S2. The third-order valence-electron chi connectivity index (χ3n) is 6.90. The molecule has 2 aromatic heterocycles. The predicted octanol–water partition coefficient (Wildman–Crippen LogP) is 3.80. The molecule has 0 spiro atoms. The van der Waals surface area contributed by atoms with Crippen molar-refractivity contribution in [2.75, 3.05) is 38.7 Å². The van der Waals surface area contributed by atoms with E-state index in [0.717, 1.165) is 15.8 Å². The molecule has 6 rings (SSSR count). The fourth-order valence-electron chi connectivity index (χ4n) is 5.10. The van der Waals surface area contributed by atoms with Crippen LogP contribution in [0.2, 0.25) is 0 Å². The molecule has 0 saturated carbocycles. The van der Waals surface area contributed by atoms with E-state index in [9.17, 15) is 14.0 Å². The van der Waals surface area contributed by atoms with Crippen LogP contribution < -0.4 is 15.2 Å². The summed E-state index contributed by atoms with van der Waals surface area (Å²) in [6, 6.07) is 5.30. The molecule has 13 heteroatoms. The number of benzene rings is 1. The number of thiophene rings is 1. The first-order valence-electron chi connectivity index (χ1n) is 12.0. The number of halogens is 2. The molecule has 1 amide bonds. The molecule has 5 heterocycles. The van der Waals surface area contributed by atoms with Crippen molar-refractivity contribution in [2.45, 2.75) is 22.2 Å². The van der Waals surface area contributed by atoms with E-state index < -0.39 is 42.0 Å².